The number of hydrogen-bond donors (Lipinski definition) is 1. The summed E-state index contributed by atoms with van der Waals surface area (Å²) >= 11 is 0. The molecular formula is C16H16N+. The third-order valence-corrected chi connectivity index (χ3v) is 3.28. The highest BCUT2D eigenvalue weighted by Gasteiger charge is 2.15. The minimum Gasteiger partial charge on any atom is -0.339 e. The van der Waals surface area contributed by atoms with E-state index in [0.29, 0.717) is 0 Å². The number of benzene rings is 2. The molecule has 0 saturated heterocycles. The maximum absolute atomic E-state index is 2.35. The first-order valence-electron chi connectivity index (χ1n) is 6.09. The Labute approximate surface area is 102 Å². The van der Waals surface area contributed by atoms with E-state index in [-0.39, 0.29) is 0 Å². The average Bonchev–Trinajstić information content (AvgIpc) is 2.86. The van der Waals surface area contributed by atoms with Crippen molar-refractivity contribution in [3.63, 3.8) is 0 Å². The van der Waals surface area contributed by atoms with Crippen LogP contribution in [0.25, 0.3) is 12.2 Å². The van der Waals surface area contributed by atoms with E-state index < -0.39 is 0 Å². The van der Waals surface area contributed by atoms with Crippen LogP contribution in [-0.4, -0.2) is 0 Å². The van der Waals surface area contributed by atoms with Crippen molar-refractivity contribution < 1.29 is 5.32 Å². The predicted octanol–water partition coefficient (Wildman–Crippen LogP) is 2.43. The van der Waals surface area contributed by atoms with E-state index in [4.69, 9.17) is 0 Å². The lowest BCUT2D eigenvalue weighted by molar-refractivity contribution is -0.676. The van der Waals surface area contributed by atoms with Gasteiger partial charge in [-0.05, 0) is 11.1 Å². The summed E-state index contributed by atoms with van der Waals surface area (Å²) in [5.74, 6) is 0. The fraction of sp³-hybridized carbons (Fsp3) is 0.125. The summed E-state index contributed by atoms with van der Waals surface area (Å²) in [5.41, 5.74) is 5.60. The number of rotatable bonds is 2. The van der Waals surface area contributed by atoms with Gasteiger partial charge in [0.05, 0.1) is 0 Å². The van der Waals surface area contributed by atoms with Gasteiger partial charge in [0.1, 0.15) is 13.1 Å². The molecule has 2 aromatic rings. The summed E-state index contributed by atoms with van der Waals surface area (Å²) in [4.78, 5) is 0. The van der Waals surface area contributed by atoms with Gasteiger partial charge in [0.2, 0.25) is 0 Å². The Bertz CT molecular complexity index is 541. The Morgan fingerprint density at radius 3 is 2.59 bits per heavy atom. The van der Waals surface area contributed by atoms with Crippen molar-refractivity contribution in [1.82, 2.24) is 0 Å². The normalized spacial score (nSPS) is 14.1. The van der Waals surface area contributed by atoms with Crippen LogP contribution in [0.1, 0.15) is 22.3 Å². The zero-order valence-corrected chi connectivity index (χ0v) is 9.77. The quantitative estimate of drug-likeness (QED) is 0.752. The monoisotopic (exact) mass is 222 g/mol. The minimum absolute atomic E-state index is 1.12. The Morgan fingerprint density at radius 2 is 1.71 bits per heavy atom. The summed E-state index contributed by atoms with van der Waals surface area (Å²) in [7, 11) is 0. The second-order valence-electron chi connectivity index (χ2n) is 4.43. The summed E-state index contributed by atoms with van der Waals surface area (Å²) in [5, 5.41) is 2.35. The van der Waals surface area contributed by atoms with Crippen molar-refractivity contribution >= 4 is 12.2 Å². The molecule has 1 heterocycles. The topological polar surface area (TPSA) is 16.6 Å². The summed E-state index contributed by atoms with van der Waals surface area (Å²) in [6.07, 6.45) is 4.42. The van der Waals surface area contributed by atoms with Gasteiger partial charge in [-0.1, -0.05) is 60.7 Å². The first kappa shape index (κ1) is 10.3. The second-order valence-corrected chi connectivity index (χ2v) is 4.43. The molecule has 0 saturated carbocycles. The zero-order valence-electron chi connectivity index (χ0n) is 9.77. The van der Waals surface area contributed by atoms with Crippen LogP contribution in [0.3, 0.4) is 0 Å². The standard InChI is InChI=1S/C16H15N/c1-2-5-13(6-3-1)9-10-14-7-4-8-15-11-17-12-16(14)15/h1-10,17H,11-12H2/p+1. The van der Waals surface area contributed by atoms with E-state index in [1.54, 1.807) is 0 Å². The molecule has 3 rings (SSSR count). The third-order valence-electron chi connectivity index (χ3n) is 3.28. The molecule has 17 heavy (non-hydrogen) atoms. The maximum Gasteiger partial charge on any atom is 0.103 e. The Kier molecular flexibility index (Phi) is 2.76. The Balaban J connectivity index is 1.91. The number of nitrogens with two attached hydrogens (primary N) is 1. The Hall–Kier alpha value is -1.86. The molecular weight excluding hydrogens is 206 g/mol. The van der Waals surface area contributed by atoms with Crippen molar-refractivity contribution in [1.29, 1.82) is 0 Å². The van der Waals surface area contributed by atoms with Crippen LogP contribution in [0.15, 0.2) is 48.5 Å². The third kappa shape index (κ3) is 2.15. The van der Waals surface area contributed by atoms with Crippen molar-refractivity contribution in [2.45, 2.75) is 13.1 Å². The van der Waals surface area contributed by atoms with E-state index in [0.717, 1.165) is 13.1 Å². The molecule has 0 bridgehead atoms. The van der Waals surface area contributed by atoms with E-state index in [1.807, 2.05) is 6.07 Å². The van der Waals surface area contributed by atoms with Gasteiger partial charge in [-0.3, -0.25) is 0 Å². The van der Waals surface area contributed by atoms with E-state index in [2.05, 4.69) is 59.9 Å². The maximum atomic E-state index is 2.35. The summed E-state index contributed by atoms with van der Waals surface area (Å²) in [6, 6.07) is 17.1. The highest BCUT2D eigenvalue weighted by molar-refractivity contribution is 5.71. The van der Waals surface area contributed by atoms with E-state index in [1.165, 1.54) is 22.3 Å². The van der Waals surface area contributed by atoms with Crippen LogP contribution in [0.4, 0.5) is 0 Å². The minimum atomic E-state index is 1.12. The summed E-state index contributed by atoms with van der Waals surface area (Å²) < 4.78 is 0. The van der Waals surface area contributed by atoms with Gasteiger partial charge >= 0.3 is 0 Å². The van der Waals surface area contributed by atoms with Crippen molar-refractivity contribution in [2.24, 2.45) is 0 Å². The van der Waals surface area contributed by atoms with Gasteiger partial charge in [0.25, 0.3) is 0 Å². The largest absolute Gasteiger partial charge is 0.339 e. The first-order chi connectivity index (χ1) is 8.43. The van der Waals surface area contributed by atoms with Gasteiger partial charge in [-0.15, -0.1) is 0 Å². The first-order valence-corrected chi connectivity index (χ1v) is 6.09. The SMILES string of the molecule is C(=Cc1cccc2c1C[NH2+]C2)c1ccccc1. The van der Waals surface area contributed by atoms with Crippen LogP contribution in [0.5, 0.6) is 0 Å². The molecule has 0 fully saturated rings. The molecule has 2 aromatic carbocycles. The van der Waals surface area contributed by atoms with Gasteiger partial charge in [-0.25, -0.2) is 0 Å². The van der Waals surface area contributed by atoms with Gasteiger partial charge < -0.3 is 5.32 Å². The molecule has 0 spiro atoms. The average molecular weight is 222 g/mol. The molecule has 0 amide bonds. The molecule has 0 aliphatic carbocycles. The molecule has 0 radical (unpaired) electrons. The van der Waals surface area contributed by atoms with Crippen LogP contribution in [0, 0.1) is 0 Å². The molecule has 0 atom stereocenters. The van der Waals surface area contributed by atoms with Crippen LogP contribution < -0.4 is 5.32 Å². The zero-order chi connectivity index (χ0) is 11.5. The van der Waals surface area contributed by atoms with Crippen molar-refractivity contribution in [2.75, 3.05) is 0 Å². The number of quaternary nitrogens is 1. The number of hydrogen-bond acceptors (Lipinski definition) is 0. The van der Waals surface area contributed by atoms with Gasteiger partial charge in [0, 0.05) is 11.1 Å². The lowest BCUT2D eigenvalue weighted by Crippen LogP contribution is -2.77. The second kappa shape index (κ2) is 4.56. The number of fused-ring (bicyclic) bond motifs is 1. The molecule has 2 N–H and O–H groups in total. The summed E-state index contributed by atoms with van der Waals surface area (Å²) in [6.45, 7) is 2.24. The highest BCUT2D eigenvalue weighted by Crippen LogP contribution is 2.18. The van der Waals surface area contributed by atoms with Gasteiger partial charge in [-0.2, -0.15) is 0 Å². The van der Waals surface area contributed by atoms with E-state index >= 15 is 0 Å². The van der Waals surface area contributed by atoms with Crippen LogP contribution in [0.2, 0.25) is 0 Å². The Morgan fingerprint density at radius 1 is 0.824 bits per heavy atom. The van der Waals surface area contributed by atoms with Crippen LogP contribution >= 0.6 is 0 Å². The van der Waals surface area contributed by atoms with Crippen LogP contribution in [-0.2, 0) is 13.1 Å². The molecule has 1 nitrogen and oxygen atoms in total. The molecule has 1 aliphatic heterocycles. The molecule has 0 unspecified atom stereocenters. The van der Waals surface area contributed by atoms with Crippen molar-refractivity contribution in [3.05, 3.63) is 70.8 Å². The van der Waals surface area contributed by atoms with Gasteiger partial charge in [0.15, 0.2) is 0 Å². The predicted molar refractivity (Wildman–Crippen MR) is 71.1 cm³/mol. The lowest BCUT2D eigenvalue weighted by atomic mass is 10.0. The fourth-order valence-corrected chi connectivity index (χ4v) is 2.37. The van der Waals surface area contributed by atoms with E-state index in [9.17, 15) is 0 Å². The molecule has 84 valence electrons. The smallest absolute Gasteiger partial charge is 0.103 e. The fourth-order valence-electron chi connectivity index (χ4n) is 2.37. The molecule has 1 aliphatic rings. The molecule has 0 aromatic heterocycles. The molecule has 1 heteroatoms. The highest BCUT2D eigenvalue weighted by atomic mass is 14.9. The lowest BCUT2D eigenvalue weighted by Gasteiger charge is -2.00. The van der Waals surface area contributed by atoms with Crippen molar-refractivity contribution in [3.8, 4) is 0 Å².